The van der Waals surface area contributed by atoms with Gasteiger partial charge in [-0.25, -0.2) is 4.39 Å². The van der Waals surface area contributed by atoms with Crippen LogP contribution in [0.5, 0.6) is 0 Å². The molecule has 0 unspecified atom stereocenters. The average molecular weight is 403 g/mol. The van der Waals surface area contributed by atoms with Crippen molar-refractivity contribution in [2.45, 2.75) is 109 Å². The molecule has 1 saturated heterocycles. The van der Waals surface area contributed by atoms with Crippen LogP contribution in [0.3, 0.4) is 0 Å². The lowest BCUT2D eigenvalue weighted by Crippen LogP contribution is -2.28. The summed E-state index contributed by atoms with van der Waals surface area (Å²) in [5.41, 5.74) is 1.29. The molecule has 0 spiro atoms. The first-order chi connectivity index (χ1) is 13.7. The molecule has 0 aromatic heterocycles. The Morgan fingerprint density at radius 1 is 0.821 bits per heavy atom. The number of hydrogen-bond acceptors (Lipinski definition) is 0. The maximum absolute atomic E-state index is 13.0. The van der Waals surface area contributed by atoms with Crippen LogP contribution in [0.15, 0.2) is 24.3 Å². The molecule has 0 amide bonds. The Morgan fingerprint density at radius 3 is 2.18 bits per heavy atom. The van der Waals surface area contributed by atoms with Gasteiger partial charge in [0.1, 0.15) is 5.82 Å². The minimum Gasteiger partial charge on any atom is -0.207 e. The third kappa shape index (κ3) is 7.32. The zero-order chi connectivity index (χ0) is 19.6. The van der Waals surface area contributed by atoms with E-state index in [1.807, 2.05) is 12.1 Å². The standard InChI is InChI=1S/C26H43FSi/c1-2-3-6-19-28-20-17-25(18-21-28)24-13-9-22(10-14-24)7-4-5-8-23-11-15-26(27)16-12-23/h11-12,15-16,22,24-25,28H,2-10,13-14,17-21H2,1H3/t22-,24-,25?,28?. The van der Waals surface area contributed by atoms with Crippen LogP contribution >= 0.6 is 0 Å². The van der Waals surface area contributed by atoms with Gasteiger partial charge in [0.05, 0.1) is 0 Å². The molecule has 1 aromatic carbocycles. The van der Waals surface area contributed by atoms with E-state index in [1.54, 1.807) is 43.1 Å². The molecule has 0 atom stereocenters. The van der Waals surface area contributed by atoms with E-state index in [0.717, 1.165) is 24.2 Å². The van der Waals surface area contributed by atoms with Crippen molar-refractivity contribution >= 4 is 8.80 Å². The van der Waals surface area contributed by atoms with E-state index < -0.39 is 0 Å². The topological polar surface area (TPSA) is 0 Å². The number of unbranched alkanes of at least 4 members (excludes halogenated alkanes) is 3. The van der Waals surface area contributed by atoms with Crippen LogP contribution in [0.1, 0.15) is 89.5 Å². The summed E-state index contributed by atoms with van der Waals surface area (Å²) in [5, 5.41) is 0. The predicted molar refractivity (Wildman–Crippen MR) is 123 cm³/mol. The Kier molecular flexibility index (Phi) is 9.57. The highest BCUT2D eigenvalue weighted by Crippen LogP contribution is 2.42. The maximum atomic E-state index is 13.0. The molecule has 0 nitrogen and oxygen atoms in total. The fraction of sp³-hybridized carbons (Fsp3) is 0.769. The van der Waals surface area contributed by atoms with Gasteiger partial charge in [0.2, 0.25) is 0 Å². The molecule has 2 aliphatic rings. The minimum absolute atomic E-state index is 0.118. The second kappa shape index (κ2) is 12.2. The van der Waals surface area contributed by atoms with Gasteiger partial charge in [-0.15, -0.1) is 0 Å². The Balaban J connectivity index is 1.25. The zero-order valence-corrected chi connectivity index (χ0v) is 19.5. The van der Waals surface area contributed by atoms with Crippen molar-refractivity contribution in [1.82, 2.24) is 0 Å². The summed E-state index contributed by atoms with van der Waals surface area (Å²) in [6.45, 7) is 2.33. The number of hydrogen-bond donors (Lipinski definition) is 0. The lowest BCUT2D eigenvalue weighted by Gasteiger charge is -2.37. The molecule has 0 radical (unpaired) electrons. The van der Waals surface area contributed by atoms with Crippen LogP contribution < -0.4 is 0 Å². The highest BCUT2D eigenvalue weighted by molar-refractivity contribution is 6.58. The van der Waals surface area contributed by atoms with Gasteiger partial charge in [0, 0.05) is 8.80 Å². The van der Waals surface area contributed by atoms with E-state index in [0.29, 0.717) is 0 Å². The Hall–Kier alpha value is -0.633. The highest BCUT2D eigenvalue weighted by atomic mass is 28.3. The van der Waals surface area contributed by atoms with Gasteiger partial charge in [-0.1, -0.05) is 95.0 Å². The molecule has 0 N–H and O–H groups in total. The molecule has 2 heteroatoms. The second-order valence-corrected chi connectivity index (χ2v) is 13.4. The normalized spacial score (nSPS) is 28.4. The summed E-state index contributed by atoms with van der Waals surface area (Å²) in [7, 11) is -0.332. The molecule has 158 valence electrons. The Labute approximate surface area is 175 Å². The summed E-state index contributed by atoms with van der Waals surface area (Å²) < 4.78 is 13.0. The molecule has 1 aliphatic heterocycles. The molecule has 1 aromatic rings. The van der Waals surface area contributed by atoms with Gasteiger partial charge in [-0.05, 0) is 61.1 Å². The van der Waals surface area contributed by atoms with Crippen LogP contribution in [-0.2, 0) is 6.42 Å². The van der Waals surface area contributed by atoms with Crippen LogP contribution in [0, 0.1) is 23.6 Å². The monoisotopic (exact) mass is 402 g/mol. The molecule has 2 fully saturated rings. The lowest BCUT2D eigenvalue weighted by molar-refractivity contribution is 0.184. The SMILES string of the molecule is CCCCC[SiH]1CCC([C@H]2CC[C@H](CCCCc3ccc(F)cc3)CC2)CC1. The van der Waals surface area contributed by atoms with Gasteiger partial charge < -0.3 is 0 Å². The largest absolute Gasteiger partial charge is 0.207 e. The molecular formula is C26H43FSi. The zero-order valence-electron chi connectivity index (χ0n) is 18.3. The fourth-order valence-corrected chi connectivity index (χ4v) is 9.52. The van der Waals surface area contributed by atoms with E-state index in [-0.39, 0.29) is 14.6 Å². The van der Waals surface area contributed by atoms with Crippen molar-refractivity contribution in [3.05, 3.63) is 35.6 Å². The highest BCUT2D eigenvalue weighted by Gasteiger charge is 2.30. The van der Waals surface area contributed by atoms with Crippen molar-refractivity contribution in [3.63, 3.8) is 0 Å². The number of halogens is 1. The number of aryl methyl sites for hydroxylation is 1. The quantitative estimate of drug-likeness (QED) is 0.273. The minimum atomic E-state index is -0.332. The van der Waals surface area contributed by atoms with Gasteiger partial charge in [-0.2, -0.15) is 0 Å². The molecule has 1 heterocycles. The van der Waals surface area contributed by atoms with Gasteiger partial charge >= 0.3 is 0 Å². The molecule has 3 rings (SSSR count). The summed E-state index contributed by atoms with van der Waals surface area (Å²) in [4.78, 5) is 0. The molecule has 28 heavy (non-hydrogen) atoms. The lowest BCUT2D eigenvalue weighted by atomic mass is 9.73. The average Bonchev–Trinajstić information content (AvgIpc) is 2.74. The number of benzene rings is 1. The summed E-state index contributed by atoms with van der Waals surface area (Å²) >= 11 is 0. The Morgan fingerprint density at radius 2 is 1.50 bits per heavy atom. The van der Waals surface area contributed by atoms with Gasteiger partial charge in [0.25, 0.3) is 0 Å². The van der Waals surface area contributed by atoms with Crippen molar-refractivity contribution in [2.24, 2.45) is 17.8 Å². The van der Waals surface area contributed by atoms with E-state index in [9.17, 15) is 4.39 Å². The maximum Gasteiger partial charge on any atom is 0.123 e. The van der Waals surface area contributed by atoms with E-state index in [1.165, 1.54) is 69.8 Å². The van der Waals surface area contributed by atoms with E-state index >= 15 is 0 Å². The first kappa shape index (κ1) is 22.1. The smallest absolute Gasteiger partial charge is 0.123 e. The van der Waals surface area contributed by atoms with Crippen LogP contribution in [0.4, 0.5) is 4.39 Å². The van der Waals surface area contributed by atoms with Crippen molar-refractivity contribution in [1.29, 1.82) is 0 Å². The third-order valence-corrected chi connectivity index (χ3v) is 11.4. The Bertz CT molecular complexity index is 524. The third-order valence-electron chi connectivity index (χ3n) is 7.91. The van der Waals surface area contributed by atoms with Crippen molar-refractivity contribution < 1.29 is 4.39 Å². The summed E-state index contributed by atoms with van der Waals surface area (Å²) in [6.07, 6.45) is 18.8. The van der Waals surface area contributed by atoms with Gasteiger partial charge in [0.15, 0.2) is 0 Å². The van der Waals surface area contributed by atoms with Crippen LogP contribution in [-0.4, -0.2) is 8.80 Å². The molecule has 1 saturated carbocycles. The molecule has 0 bridgehead atoms. The second-order valence-electron chi connectivity index (χ2n) is 9.93. The fourth-order valence-electron chi connectivity index (χ4n) is 5.99. The van der Waals surface area contributed by atoms with E-state index in [2.05, 4.69) is 6.92 Å². The van der Waals surface area contributed by atoms with E-state index in [4.69, 9.17) is 0 Å². The van der Waals surface area contributed by atoms with Crippen molar-refractivity contribution in [3.8, 4) is 0 Å². The predicted octanol–water partition coefficient (Wildman–Crippen LogP) is 8.17. The van der Waals surface area contributed by atoms with Crippen LogP contribution in [0.2, 0.25) is 18.1 Å². The summed E-state index contributed by atoms with van der Waals surface area (Å²) in [6, 6.07) is 12.1. The summed E-state index contributed by atoms with van der Waals surface area (Å²) in [5.74, 6) is 3.03. The van der Waals surface area contributed by atoms with Gasteiger partial charge in [-0.3, -0.25) is 0 Å². The molecular weight excluding hydrogens is 359 g/mol. The molecule has 1 aliphatic carbocycles. The van der Waals surface area contributed by atoms with Crippen LogP contribution in [0.25, 0.3) is 0 Å². The number of rotatable bonds is 10. The first-order valence-electron chi connectivity index (χ1n) is 12.5. The first-order valence-corrected chi connectivity index (χ1v) is 14.9. The van der Waals surface area contributed by atoms with Crippen molar-refractivity contribution in [2.75, 3.05) is 0 Å².